The Kier molecular flexibility index (Phi) is 10.0. The van der Waals surface area contributed by atoms with Gasteiger partial charge in [-0.25, -0.2) is 9.79 Å². The lowest BCUT2D eigenvalue weighted by molar-refractivity contribution is 0.00954. The van der Waals surface area contributed by atoms with Crippen molar-refractivity contribution in [2.75, 3.05) is 39.9 Å². The van der Waals surface area contributed by atoms with Crippen molar-refractivity contribution in [3.05, 3.63) is 40.8 Å². The van der Waals surface area contributed by atoms with Crippen molar-refractivity contribution in [3.8, 4) is 0 Å². The van der Waals surface area contributed by atoms with E-state index in [-0.39, 0.29) is 29.2 Å². The summed E-state index contributed by atoms with van der Waals surface area (Å²) in [5.41, 5.74) is 7.07. The number of ether oxygens (including phenoxy) is 3. The first-order valence-electron chi connectivity index (χ1n) is 10.8. The zero-order valence-corrected chi connectivity index (χ0v) is 19.9. The molecule has 0 atom stereocenters. The molecular formula is C23H33N7O4. The number of rotatable bonds is 13. The molecule has 0 radical (unpaired) electrons. The van der Waals surface area contributed by atoms with E-state index in [9.17, 15) is 4.79 Å². The van der Waals surface area contributed by atoms with Gasteiger partial charge in [0.1, 0.15) is 5.60 Å². The van der Waals surface area contributed by atoms with Gasteiger partial charge in [0.2, 0.25) is 5.88 Å². The molecular weight excluding hydrogens is 438 g/mol. The fourth-order valence-electron chi connectivity index (χ4n) is 3.08. The van der Waals surface area contributed by atoms with Crippen molar-refractivity contribution in [1.82, 2.24) is 10.6 Å². The van der Waals surface area contributed by atoms with E-state index in [2.05, 4.69) is 27.3 Å². The second kappa shape index (κ2) is 12.7. The van der Waals surface area contributed by atoms with E-state index in [0.717, 1.165) is 12.1 Å². The molecule has 34 heavy (non-hydrogen) atoms. The number of fused-ring (bicyclic) bond motifs is 1. The summed E-state index contributed by atoms with van der Waals surface area (Å²) in [6, 6.07) is 5.05. The van der Waals surface area contributed by atoms with Crippen LogP contribution in [0.15, 0.2) is 39.6 Å². The molecule has 0 aromatic heterocycles. The van der Waals surface area contributed by atoms with Crippen LogP contribution in [0.3, 0.4) is 0 Å². The lowest BCUT2D eigenvalue weighted by Gasteiger charge is -2.17. The first kappa shape index (κ1) is 26.8. The molecule has 184 valence electrons. The van der Waals surface area contributed by atoms with E-state index in [0.29, 0.717) is 44.0 Å². The van der Waals surface area contributed by atoms with Crippen molar-refractivity contribution < 1.29 is 19.0 Å². The molecule has 0 fully saturated rings. The second-order valence-corrected chi connectivity index (χ2v) is 7.91. The molecule has 1 aromatic rings. The number of carbonyl (C=O) groups is 1. The lowest BCUT2D eigenvalue weighted by atomic mass is 9.95. The van der Waals surface area contributed by atoms with Gasteiger partial charge in [0, 0.05) is 37.8 Å². The van der Waals surface area contributed by atoms with Gasteiger partial charge in [0.05, 0.1) is 30.0 Å². The van der Waals surface area contributed by atoms with E-state index < -0.39 is 5.60 Å². The average Bonchev–Trinajstić information content (AvgIpc) is 3.03. The van der Waals surface area contributed by atoms with Crippen LogP contribution >= 0.6 is 0 Å². The average molecular weight is 472 g/mol. The lowest BCUT2D eigenvalue weighted by Crippen LogP contribution is -2.25. The van der Waals surface area contributed by atoms with Gasteiger partial charge < -0.3 is 30.6 Å². The Labute approximate surface area is 199 Å². The molecule has 1 heterocycles. The molecule has 0 unspecified atom stereocenters. The number of nitrogens with zero attached hydrogens (tertiary/aromatic N) is 2. The van der Waals surface area contributed by atoms with E-state index >= 15 is 0 Å². The maximum Gasteiger partial charge on any atom is 0.339 e. The van der Waals surface area contributed by atoms with Crippen LogP contribution in [0.5, 0.6) is 0 Å². The van der Waals surface area contributed by atoms with Crippen LogP contribution < -0.4 is 16.4 Å². The minimum atomic E-state index is -0.754. The van der Waals surface area contributed by atoms with Crippen LogP contribution in [0.4, 0.5) is 5.69 Å². The Bertz CT molecular complexity index is 986. The minimum absolute atomic E-state index is 0.0706. The zero-order chi connectivity index (χ0) is 25.1. The van der Waals surface area contributed by atoms with Crippen molar-refractivity contribution in [3.63, 3.8) is 0 Å². The van der Waals surface area contributed by atoms with E-state index in [1.165, 1.54) is 6.21 Å². The largest absolute Gasteiger partial charge is 0.451 e. The van der Waals surface area contributed by atoms with Gasteiger partial charge in [0.15, 0.2) is 11.7 Å². The molecule has 0 aliphatic carbocycles. The number of hydrogen-bond acceptors (Lipinski definition) is 10. The topological polar surface area (TPSA) is 167 Å². The number of nitrogens with one attached hydrogen (secondary N) is 4. The zero-order valence-electron chi connectivity index (χ0n) is 19.9. The highest BCUT2D eigenvalue weighted by atomic mass is 16.6. The summed E-state index contributed by atoms with van der Waals surface area (Å²) in [6.45, 7) is 10.1. The number of aliphatic imine (C=N–C) groups is 2. The van der Waals surface area contributed by atoms with Gasteiger partial charge in [0.25, 0.3) is 0 Å². The number of nitrogens with two attached hydrogens (primary N) is 1. The molecule has 0 amide bonds. The number of cyclic esters (lactones) is 1. The maximum absolute atomic E-state index is 12.0. The van der Waals surface area contributed by atoms with Gasteiger partial charge in [-0.3, -0.25) is 15.8 Å². The van der Waals surface area contributed by atoms with Crippen LogP contribution in [0.25, 0.3) is 0 Å². The Morgan fingerprint density at radius 2 is 2.00 bits per heavy atom. The first-order valence-corrected chi connectivity index (χ1v) is 10.8. The third kappa shape index (κ3) is 7.58. The molecule has 11 nitrogen and oxygen atoms in total. The van der Waals surface area contributed by atoms with E-state index in [1.807, 2.05) is 7.05 Å². The monoisotopic (exact) mass is 471 g/mol. The van der Waals surface area contributed by atoms with Crippen LogP contribution in [-0.4, -0.2) is 70.5 Å². The number of amidine groups is 1. The van der Waals surface area contributed by atoms with Gasteiger partial charge in [-0.1, -0.05) is 0 Å². The summed E-state index contributed by atoms with van der Waals surface area (Å²) in [4.78, 5) is 19.9. The molecule has 0 bridgehead atoms. The van der Waals surface area contributed by atoms with Gasteiger partial charge >= 0.3 is 5.97 Å². The Balaban J connectivity index is 1.99. The van der Waals surface area contributed by atoms with Gasteiger partial charge in [-0.15, -0.1) is 0 Å². The smallest absolute Gasteiger partial charge is 0.339 e. The normalized spacial score (nSPS) is 15.0. The van der Waals surface area contributed by atoms with Crippen molar-refractivity contribution in [1.29, 1.82) is 10.8 Å². The molecule has 2 rings (SSSR count). The molecule has 0 spiro atoms. The first-order chi connectivity index (χ1) is 16.2. The van der Waals surface area contributed by atoms with Gasteiger partial charge in [-0.2, -0.15) is 0 Å². The molecule has 1 aromatic carbocycles. The highest BCUT2D eigenvalue weighted by Crippen LogP contribution is 2.37. The van der Waals surface area contributed by atoms with E-state index in [4.69, 9.17) is 30.8 Å². The molecule has 11 heteroatoms. The molecule has 1 aliphatic heterocycles. The SMILES string of the molecule is C=NC(=N)/C(C=Nc1ccc2c(c1)C(C)(C)OC2=O)=C(\N)OC(=N)CCNCCOCCNC. The molecule has 0 saturated carbocycles. The third-order valence-corrected chi connectivity index (χ3v) is 4.92. The number of likely N-dealkylation sites (N-methyl/N-ethyl adjacent to an activating group) is 1. The highest BCUT2D eigenvalue weighted by molar-refractivity contribution is 6.15. The molecule has 6 N–H and O–H groups in total. The van der Waals surface area contributed by atoms with Gasteiger partial charge in [-0.05, 0) is 45.8 Å². The predicted molar refractivity (Wildman–Crippen MR) is 133 cm³/mol. The maximum atomic E-state index is 12.0. The Morgan fingerprint density at radius 1 is 1.26 bits per heavy atom. The predicted octanol–water partition coefficient (Wildman–Crippen LogP) is 1.85. The number of carbonyl (C=O) groups excluding carboxylic acids is 1. The standard InChI is InChI=1S/C23H33N7O4/c1-23(2)18-13-15(5-6-16(18)22(31)34-23)30-14-17(20(25)28-4)21(26)33-19(24)7-8-29-10-12-32-11-9-27-3/h5-6,13-14,24-25,27,29H,4,7-12,26H2,1-3H3/b21-17+,24-19?,25-20?,30-14?. The fourth-order valence-corrected chi connectivity index (χ4v) is 3.08. The second-order valence-electron chi connectivity index (χ2n) is 7.91. The summed E-state index contributed by atoms with van der Waals surface area (Å²) in [5.74, 6) is -0.869. The van der Waals surface area contributed by atoms with Crippen LogP contribution in [-0.2, 0) is 19.8 Å². The van der Waals surface area contributed by atoms with Crippen LogP contribution in [0, 0.1) is 10.8 Å². The summed E-state index contributed by atoms with van der Waals surface area (Å²) in [5, 5.41) is 22.2. The Hall–Kier alpha value is -3.41. The molecule has 0 saturated heterocycles. The number of benzene rings is 1. The quantitative estimate of drug-likeness (QED) is 0.0962. The van der Waals surface area contributed by atoms with Crippen molar-refractivity contribution >= 4 is 36.3 Å². The minimum Gasteiger partial charge on any atom is -0.451 e. The summed E-state index contributed by atoms with van der Waals surface area (Å²) in [6.07, 6.45) is 1.62. The molecule has 1 aliphatic rings. The van der Waals surface area contributed by atoms with Crippen molar-refractivity contribution in [2.24, 2.45) is 15.7 Å². The highest BCUT2D eigenvalue weighted by Gasteiger charge is 2.37. The van der Waals surface area contributed by atoms with Crippen molar-refractivity contribution in [2.45, 2.75) is 25.9 Å². The van der Waals surface area contributed by atoms with Crippen LogP contribution in [0.2, 0.25) is 0 Å². The summed E-state index contributed by atoms with van der Waals surface area (Å²) >= 11 is 0. The fraction of sp³-hybridized carbons (Fsp3) is 0.435. The number of hydrogen-bond donors (Lipinski definition) is 5. The van der Waals surface area contributed by atoms with Crippen LogP contribution in [0.1, 0.15) is 36.2 Å². The third-order valence-electron chi connectivity index (χ3n) is 4.92. The summed E-state index contributed by atoms with van der Waals surface area (Å²) in [7, 11) is 1.86. The number of esters is 1. The van der Waals surface area contributed by atoms with E-state index in [1.54, 1.807) is 32.0 Å². The Morgan fingerprint density at radius 3 is 2.71 bits per heavy atom. The summed E-state index contributed by atoms with van der Waals surface area (Å²) < 4.78 is 16.2.